The largest absolute Gasteiger partial charge is 0.397 e. The molecular weight excluding hydrogens is 328 g/mol. The first-order valence-corrected chi connectivity index (χ1v) is 10.9. The van der Waals surface area contributed by atoms with Crippen LogP contribution in [0.25, 0.3) is 0 Å². The Hall–Kier alpha value is -0.870. The zero-order chi connectivity index (χ0) is 17.6. The van der Waals surface area contributed by atoms with Crippen LogP contribution in [0.2, 0.25) is 0 Å². The van der Waals surface area contributed by atoms with E-state index in [1.807, 2.05) is 11.8 Å². The van der Waals surface area contributed by atoms with Gasteiger partial charge >= 0.3 is 0 Å². The fourth-order valence-electron chi connectivity index (χ4n) is 5.01. The first kappa shape index (κ1) is 17.5. The minimum Gasteiger partial charge on any atom is -0.397 e. The zero-order valence-electron chi connectivity index (χ0n) is 15.6. The molecule has 1 saturated heterocycles. The minimum absolute atomic E-state index is 0.519. The van der Waals surface area contributed by atoms with E-state index in [4.69, 9.17) is 16.2 Å². The van der Waals surface area contributed by atoms with Gasteiger partial charge in [0, 0.05) is 10.1 Å². The van der Waals surface area contributed by atoms with Gasteiger partial charge in [-0.05, 0) is 74.0 Å². The third kappa shape index (κ3) is 3.40. The maximum atomic E-state index is 6.39. The molecule has 4 rings (SSSR count). The van der Waals surface area contributed by atoms with Gasteiger partial charge in [0.05, 0.1) is 24.1 Å². The molecule has 4 heteroatoms. The van der Waals surface area contributed by atoms with Gasteiger partial charge in [-0.3, -0.25) is 0 Å². The van der Waals surface area contributed by atoms with Gasteiger partial charge in [0.2, 0.25) is 0 Å². The number of hydrogen-bond acceptors (Lipinski definition) is 4. The molecule has 0 spiro atoms. The van der Waals surface area contributed by atoms with E-state index in [0.29, 0.717) is 17.3 Å². The number of rotatable bonds is 2. The van der Waals surface area contributed by atoms with Gasteiger partial charge in [-0.1, -0.05) is 19.8 Å². The maximum absolute atomic E-state index is 6.39. The van der Waals surface area contributed by atoms with Crippen LogP contribution in [-0.2, 0) is 11.2 Å². The number of thioether (sulfide) groups is 1. The van der Waals surface area contributed by atoms with Crippen molar-refractivity contribution in [3.05, 3.63) is 17.2 Å². The van der Waals surface area contributed by atoms with Crippen molar-refractivity contribution < 1.29 is 4.74 Å². The Morgan fingerprint density at radius 1 is 1.04 bits per heavy atom. The molecule has 3 unspecified atom stereocenters. The lowest BCUT2D eigenvalue weighted by Crippen LogP contribution is -2.37. The fourth-order valence-corrected chi connectivity index (χ4v) is 6.57. The van der Waals surface area contributed by atoms with Crippen LogP contribution in [0.15, 0.2) is 11.0 Å². The summed E-state index contributed by atoms with van der Waals surface area (Å²) < 4.78 is 6.39. The van der Waals surface area contributed by atoms with Crippen LogP contribution in [0.1, 0.15) is 56.6 Å². The van der Waals surface area contributed by atoms with Crippen LogP contribution in [0.4, 0.5) is 11.4 Å². The van der Waals surface area contributed by atoms with Crippen molar-refractivity contribution in [1.29, 1.82) is 0 Å². The summed E-state index contributed by atoms with van der Waals surface area (Å²) >= 11 is 2.01. The number of nitrogen functional groups attached to an aromatic ring is 2. The average molecular weight is 361 g/mol. The van der Waals surface area contributed by atoms with Crippen molar-refractivity contribution in [2.24, 2.45) is 17.8 Å². The molecule has 3 nitrogen and oxygen atoms in total. The highest BCUT2D eigenvalue weighted by molar-refractivity contribution is 8.00. The molecule has 1 saturated carbocycles. The smallest absolute Gasteiger partial charge is 0.0603 e. The maximum Gasteiger partial charge on any atom is 0.0603 e. The van der Waals surface area contributed by atoms with Crippen LogP contribution >= 0.6 is 11.8 Å². The van der Waals surface area contributed by atoms with Crippen molar-refractivity contribution in [3.63, 3.8) is 0 Å². The van der Waals surface area contributed by atoms with Gasteiger partial charge in [0.25, 0.3) is 0 Å². The molecular formula is C21H32N2OS. The highest BCUT2D eigenvalue weighted by atomic mass is 32.2. The Balaban J connectivity index is 1.35. The van der Waals surface area contributed by atoms with Crippen LogP contribution in [-0.4, -0.2) is 18.0 Å². The molecule has 2 aliphatic heterocycles. The Morgan fingerprint density at radius 3 is 2.44 bits per heavy atom. The molecule has 0 aromatic heterocycles. The summed E-state index contributed by atoms with van der Waals surface area (Å²) in [4.78, 5) is 1.38. The minimum atomic E-state index is 0.519. The van der Waals surface area contributed by atoms with Gasteiger partial charge in [-0.25, -0.2) is 0 Å². The number of fused-ring (bicyclic) bond motifs is 1. The summed E-state index contributed by atoms with van der Waals surface area (Å²) in [5, 5.41) is 0.627. The highest BCUT2D eigenvalue weighted by Crippen LogP contribution is 2.47. The first-order chi connectivity index (χ1) is 12.0. The summed E-state index contributed by atoms with van der Waals surface area (Å²) in [6, 6.07) is 2.10. The molecule has 138 valence electrons. The second-order valence-electron chi connectivity index (χ2n) is 8.58. The van der Waals surface area contributed by atoms with E-state index < -0.39 is 0 Å². The van der Waals surface area contributed by atoms with Crippen molar-refractivity contribution in [3.8, 4) is 0 Å². The number of ether oxygens (including phenoxy) is 1. The zero-order valence-corrected chi connectivity index (χ0v) is 16.4. The molecule has 1 aromatic rings. The lowest BCUT2D eigenvalue weighted by Gasteiger charge is -2.38. The number of anilines is 2. The van der Waals surface area contributed by atoms with Crippen LogP contribution < -0.4 is 11.5 Å². The molecule has 0 radical (unpaired) electrons. The van der Waals surface area contributed by atoms with E-state index in [1.54, 1.807) is 0 Å². The molecule has 25 heavy (non-hydrogen) atoms. The van der Waals surface area contributed by atoms with Crippen molar-refractivity contribution in [2.75, 3.05) is 18.1 Å². The Kier molecular flexibility index (Phi) is 4.93. The van der Waals surface area contributed by atoms with Gasteiger partial charge in [0.15, 0.2) is 0 Å². The third-order valence-electron chi connectivity index (χ3n) is 6.83. The predicted molar refractivity (Wildman–Crippen MR) is 107 cm³/mol. The number of nitrogens with two attached hydrogens (primary N) is 2. The van der Waals surface area contributed by atoms with Crippen LogP contribution in [0.5, 0.6) is 0 Å². The second kappa shape index (κ2) is 7.03. The summed E-state index contributed by atoms with van der Waals surface area (Å²) in [6.07, 6.45) is 9.73. The molecule has 1 aromatic carbocycles. The first-order valence-electron chi connectivity index (χ1n) is 9.98. The Bertz CT molecular complexity index is 631. The van der Waals surface area contributed by atoms with E-state index in [0.717, 1.165) is 36.2 Å². The van der Waals surface area contributed by atoms with E-state index in [9.17, 15) is 0 Å². The average Bonchev–Trinajstić information content (AvgIpc) is 3.05. The Morgan fingerprint density at radius 2 is 1.76 bits per heavy atom. The van der Waals surface area contributed by atoms with Crippen molar-refractivity contribution >= 4 is 23.1 Å². The molecule has 0 bridgehead atoms. The summed E-state index contributed by atoms with van der Waals surface area (Å²) in [6.45, 7) is 5.44. The summed E-state index contributed by atoms with van der Waals surface area (Å²) in [7, 11) is 0. The molecule has 3 atom stereocenters. The van der Waals surface area contributed by atoms with Crippen molar-refractivity contribution in [1.82, 2.24) is 0 Å². The van der Waals surface area contributed by atoms with E-state index in [-0.39, 0.29) is 0 Å². The monoisotopic (exact) mass is 360 g/mol. The lowest BCUT2D eigenvalue weighted by molar-refractivity contribution is -0.0574. The van der Waals surface area contributed by atoms with E-state index in [2.05, 4.69) is 19.9 Å². The van der Waals surface area contributed by atoms with Crippen LogP contribution in [0, 0.1) is 24.7 Å². The summed E-state index contributed by atoms with van der Waals surface area (Å²) in [5.41, 5.74) is 16.3. The van der Waals surface area contributed by atoms with Crippen LogP contribution in [0.3, 0.4) is 0 Å². The topological polar surface area (TPSA) is 61.3 Å². The third-order valence-corrected chi connectivity index (χ3v) is 8.48. The normalized spacial score (nSPS) is 35.5. The molecule has 2 fully saturated rings. The molecule has 0 amide bonds. The molecule has 2 heterocycles. The number of hydrogen-bond donors (Lipinski definition) is 2. The lowest BCUT2D eigenvalue weighted by atomic mass is 9.77. The second-order valence-corrected chi connectivity index (χ2v) is 9.83. The standard InChI is InChI=1S/C21H32N2OS/c1-12-3-5-14(6-4-12)18-8-7-15(11-24-18)19-10-16-9-17(22)20(23)13(2)21(16)25-19/h9,12,14-15,18-19H,3-8,10-11,22-23H2,1-2H3. The molecule has 3 aliphatic rings. The molecule has 1 aliphatic carbocycles. The summed E-state index contributed by atoms with van der Waals surface area (Å²) in [5.74, 6) is 2.40. The quantitative estimate of drug-likeness (QED) is 0.744. The SMILES string of the molecule is Cc1c(N)c(N)cc2c1SC(C1CCC(C3CCC(C)CC3)OC1)C2. The highest BCUT2D eigenvalue weighted by Gasteiger charge is 2.36. The van der Waals surface area contributed by atoms with E-state index >= 15 is 0 Å². The fraction of sp³-hybridized carbons (Fsp3) is 0.714. The van der Waals surface area contributed by atoms with Gasteiger partial charge < -0.3 is 16.2 Å². The Labute approximate surface area is 156 Å². The molecule has 4 N–H and O–H groups in total. The van der Waals surface area contributed by atoms with Crippen molar-refractivity contribution in [2.45, 2.75) is 75.0 Å². The predicted octanol–water partition coefficient (Wildman–Crippen LogP) is 4.80. The van der Waals surface area contributed by atoms with E-state index in [1.165, 1.54) is 54.5 Å². The van der Waals surface area contributed by atoms with Gasteiger partial charge in [-0.2, -0.15) is 0 Å². The number of benzene rings is 1. The van der Waals surface area contributed by atoms with Gasteiger partial charge in [0.1, 0.15) is 0 Å². The van der Waals surface area contributed by atoms with Gasteiger partial charge in [-0.15, -0.1) is 11.8 Å².